The number of amides is 1. The molecule has 0 aliphatic heterocycles. The number of nitrogens with one attached hydrogen (secondary N) is 1. The highest BCUT2D eigenvalue weighted by atomic mass is 35.5. The molecule has 8 heteroatoms. The van der Waals surface area contributed by atoms with Crippen molar-refractivity contribution in [3.8, 4) is 0 Å². The van der Waals surface area contributed by atoms with Crippen molar-refractivity contribution < 1.29 is 22.7 Å². The minimum absolute atomic E-state index is 0.0341. The van der Waals surface area contributed by atoms with E-state index in [1.807, 2.05) is 19.1 Å². The Kier molecular flexibility index (Phi) is 6.22. The van der Waals surface area contributed by atoms with Crippen LogP contribution in [0.25, 0.3) is 0 Å². The summed E-state index contributed by atoms with van der Waals surface area (Å²) in [7, 11) is -3.96. The Balaban J connectivity index is 2.04. The fourth-order valence-corrected chi connectivity index (χ4v) is 6.16. The largest absolute Gasteiger partial charge is 0.444 e. The minimum Gasteiger partial charge on any atom is -0.444 e. The van der Waals surface area contributed by atoms with Gasteiger partial charge >= 0.3 is 6.09 Å². The van der Waals surface area contributed by atoms with E-state index in [-0.39, 0.29) is 4.90 Å². The molecule has 2 aromatic rings. The zero-order valence-corrected chi connectivity index (χ0v) is 19.5. The molecule has 0 spiro atoms. The molecular weight excluding hydrogens is 438 g/mol. The maximum atomic E-state index is 13.5. The lowest BCUT2D eigenvalue weighted by molar-refractivity contribution is -0.110. The molecule has 0 unspecified atom stereocenters. The highest BCUT2D eigenvalue weighted by Crippen LogP contribution is 2.56. The number of halogens is 1. The van der Waals surface area contributed by atoms with Gasteiger partial charge in [0, 0.05) is 10.9 Å². The van der Waals surface area contributed by atoms with Gasteiger partial charge in [0.05, 0.1) is 4.90 Å². The van der Waals surface area contributed by atoms with Crippen molar-refractivity contribution in [3.05, 3.63) is 64.7 Å². The van der Waals surface area contributed by atoms with E-state index < -0.39 is 38.2 Å². The van der Waals surface area contributed by atoms with Gasteiger partial charge in [-0.25, -0.2) is 13.2 Å². The van der Waals surface area contributed by atoms with Gasteiger partial charge in [-0.15, -0.1) is 0 Å². The van der Waals surface area contributed by atoms with E-state index in [0.29, 0.717) is 16.9 Å². The summed E-state index contributed by atoms with van der Waals surface area (Å²) in [5.74, 6) is -0.746. The van der Waals surface area contributed by atoms with Crippen LogP contribution in [0, 0.1) is 0 Å². The van der Waals surface area contributed by atoms with E-state index in [1.165, 1.54) is 24.3 Å². The first-order chi connectivity index (χ1) is 14.4. The molecule has 0 saturated heterocycles. The highest BCUT2D eigenvalue weighted by Gasteiger charge is 2.73. The maximum Gasteiger partial charge on any atom is 0.408 e. The number of benzene rings is 2. The van der Waals surface area contributed by atoms with Crippen LogP contribution in [0.1, 0.15) is 44.7 Å². The molecule has 1 aliphatic rings. The average molecular weight is 464 g/mol. The van der Waals surface area contributed by atoms with Gasteiger partial charge in [-0.3, -0.25) is 0 Å². The third-order valence-electron chi connectivity index (χ3n) is 5.32. The molecule has 166 valence electrons. The lowest BCUT2D eigenvalue weighted by atomic mass is 10.0. The normalized spacial score (nSPS) is 23.1. The Hall–Kier alpha value is -2.38. The Morgan fingerprint density at radius 1 is 1.13 bits per heavy atom. The molecule has 1 fully saturated rings. The Labute approximate surface area is 187 Å². The summed E-state index contributed by atoms with van der Waals surface area (Å²) in [5.41, 5.74) is -0.693. The van der Waals surface area contributed by atoms with Crippen LogP contribution in [0.4, 0.5) is 4.79 Å². The molecule has 31 heavy (non-hydrogen) atoms. The summed E-state index contributed by atoms with van der Waals surface area (Å²) in [6, 6.07) is 13.1. The zero-order chi connectivity index (χ0) is 23.0. The van der Waals surface area contributed by atoms with E-state index in [2.05, 4.69) is 5.32 Å². The molecule has 0 aromatic heterocycles. The van der Waals surface area contributed by atoms with E-state index in [0.717, 1.165) is 12.0 Å². The number of aldehydes is 1. The summed E-state index contributed by atoms with van der Waals surface area (Å²) in [4.78, 5) is 24.8. The Bertz CT molecular complexity index is 1070. The third kappa shape index (κ3) is 4.62. The standard InChI is InChI=1S/C23H26ClNO5S/c1-5-15-6-8-16(9-7-15)19-20(31(28,29)18-12-10-17(24)11-13-18)23(19,14-26)25-21(27)30-22(2,3)4/h6-14,19-20H,5H2,1-4H3,(H,25,27)/t19-,20-,23-/m1/s1. The zero-order valence-electron chi connectivity index (χ0n) is 17.9. The number of ether oxygens (including phenoxy) is 1. The summed E-state index contributed by atoms with van der Waals surface area (Å²) in [6.45, 7) is 7.08. The fourth-order valence-electron chi connectivity index (χ4n) is 3.79. The monoisotopic (exact) mass is 463 g/mol. The van der Waals surface area contributed by atoms with Gasteiger partial charge in [0.15, 0.2) is 9.84 Å². The smallest absolute Gasteiger partial charge is 0.408 e. The molecule has 0 radical (unpaired) electrons. The second kappa shape index (κ2) is 8.28. The molecule has 6 nitrogen and oxygen atoms in total. The van der Waals surface area contributed by atoms with E-state index in [1.54, 1.807) is 32.9 Å². The van der Waals surface area contributed by atoms with Crippen LogP contribution < -0.4 is 5.32 Å². The van der Waals surface area contributed by atoms with Crippen LogP contribution in [0.2, 0.25) is 5.02 Å². The molecule has 2 aromatic carbocycles. The lowest BCUT2D eigenvalue weighted by Gasteiger charge is -2.22. The van der Waals surface area contributed by atoms with Crippen molar-refractivity contribution in [3.63, 3.8) is 0 Å². The number of hydrogen-bond donors (Lipinski definition) is 1. The van der Waals surface area contributed by atoms with E-state index in [4.69, 9.17) is 16.3 Å². The minimum atomic E-state index is -3.96. The van der Waals surface area contributed by atoms with Gasteiger partial charge in [0.25, 0.3) is 0 Å². The molecule has 1 amide bonds. The molecular formula is C23H26ClNO5S. The van der Waals surface area contributed by atoms with Gasteiger partial charge in [0.2, 0.25) is 0 Å². The van der Waals surface area contributed by atoms with Gasteiger partial charge in [-0.1, -0.05) is 42.8 Å². The number of carbonyl (C=O) groups is 2. The molecule has 1 N–H and O–H groups in total. The summed E-state index contributed by atoms with van der Waals surface area (Å²) in [5, 5.41) is 1.78. The SMILES string of the molecule is CCc1ccc([C@@H]2[C@@H](S(=O)(=O)c3ccc(Cl)cc3)[C@]2(C=O)NC(=O)OC(C)(C)C)cc1. The molecule has 1 aliphatic carbocycles. The fraction of sp³-hybridized carbons (Fsp3) is 0.391. The first-order valence-electron chi connectivity index (χ1n) is 10.0. The predicted molar refractivity (Wildman–Crippen MR) is 119 cm³/mol. The second-order valence-corrected chi connectivity index (χ2v) is 11.2. The molecule has 1 saturated carbocycles. The van der Waals surface area contributed by atoms with Crippen molar-refractivity contribution in [2.24, 2.45) is 0 Å². The topological polar surface area (TPSA) is 89.5 Å². The number of alkyl carbamates (subject to hydrolysis) is 1. The Morgan fingerprint density at radius 3 is 2.19 bits per heavy atom. The summed E-state index contributed by atoms with van der Waals surface area (Å²) < 4.78 is 32.2. The highest BCUT2D eigenvalue weighted by molar-refractivity contribution is 7.92. The summed E-state index contributed by atoms with van der Waals surface area (Å²) >= 11 is 5.90. The van der Waals surface area contributed by atoms with E-state index in [9.17, 15) is 18.0 Å². The van der Waals surface area contributed by atoms with Gasteiger partial charge in [0.1, 0.15) is 22.7 Å². The number of carbonyl (C=O) groups excluding carboxylic acids is 2. The maximum absolute atomic E-state index is 13.5. The molecule has 0 heterocycles. The van der Waals surface area contributed by atoms with Crippen LogP contribution in [-0.4, -0.2) is 37.2 Å². The lowest BCUT2D eigenvalue weighted by Crippen LogP contribution is -2.45. The molecule has 0 bridgehead atoms. The van der Waals surface area contributed by atoms with E-state index >= 15 is 0 Å². The quantitative estimate of drug-likeness (QED) is 0.645. The van der Waals surface area contributed by atoms with Crippen molar-refractivity contribution in [1.82, 2.24) is 5.32 Å². The van der Waals surface area contributed by atoms with Gasteiger partial charge < -0.3 is 14.8 Å². The summed E-state index contributed by atoms with van der Waals surface area (Å²) in [6.07, 6.45) is 0.489. The predicted octanol–water partition coefficient (Wildman–Crippen LogP) is 4.30. The van der Waals surface area contributed by atoms with Gasteiger partial charge in [-0.2, -0.15) is 0 Å². The van der Waals surface area contributed by atoms with Crippen molar-refractivity contribution in [2.75, 3.05) is 0 Å². The number of hydrogen-bond acceptors (Lipinski definition) is 5. The molecule has 3 rings (SSSR count). The average Bonchev–Trinajstić information content (AvgIpc) is 3.36. The second-order valence-electron chi connectivity index (χ2n) is 8.67. The van der Waals surface area contributed by atoms with Crippen LogP contribution in [-0.2, 0) is 25.8 Å². The first-order valence-corrected chi connectivity index (χ1v) is 11.9. The van der Waals surface area contributed by atoms with Crippen molar-refractivity contribution in [1.29, 1.82) is 0 Å². The Morgan fingerprint density at radius 2 is 1.71 bits per heavy atom. The number of sulfone groups is 1. The van der Waals surface area contributed by atoms with Gasteiger partial charge in [-0.05, 0) is 62.6 Å². The number of aryl methyl sites for hydroxylation is 1. The van der Waals surface area contributed by atoms with Crippen LogP contribution in [0.3, 0.4) is 0 Å². The number of rotatable bonds is 6. The van der Waals surface area contributed by atoms with Crippen LogP contribution in [0.5, 0.6) is 0 Å². The molecule has 3 atom stereocenters. The first kappa shape index (κ1) is 23.3. The van der Waals surface area contributed by atoms with Crippen LogP contribution in [0.15, 0.2) is 53.4 Å². The third-order valence-corrected chi connectivity index (χ3v) is 7.83. The van der Waals surface area contributed by atoms with Crippen molar-refractivity contribution >= 4 is 33.8 Å². The van der Waals surface area contributed by atoms with Crippen LogP contribution >= 0.6 is 11.6 Å². The van der Waals surface area contributed by atoms with Crippen molar-refractivity contribution in [2.45, 2.75) is 61.3 Å².